The first-order valence-electron chi connectivity index (χ1n) is 8.24. The maximum absolute atomic E-state index is 13.0. The molecule has 1 saturated heterocycles. The van der Waals surface area contributed by atoms with E-state index in [4.69, 9.17) is 0 Å². The Morgan fingerprint density at radius 3 is 2.86 bits per heavy atom. The Bertz CT molecular complexity index is 745. The van der Waals surface area contributed by atoms with E-state index < -0.39 is 0 Å². The van der Waals surface area contributed by atoms with Crippen molar-refractivity contribution < 1.29 is 4.79 Å². The van der Waals surface area contributed by atoms with Crippen molar-refractivity contribution >= 4 is 16.8 Å². The average molecular weight is 296 g/mol. The maximum atomic E-state index is 13.0. The molecule has 3 nitrogen and oxygen atoms in total. The quantitative estimate of drug-likeness (QED) is 0.841. The Kier molecular flexibility index (Phi) is 2.76. The third-order valence-electron chi connectivity index (χ3n) is 5.48. The maximum Gasteiger partial charge on any atom is 0.254 e. The summed E-state index contributed by atoms with van der Waals surface area (Å²) < 4.78 is 0. The first-order chi connectivity index (χ1) is 10.4. The Balaban J connectivity index is 1.65. The number of hydrogen-bond donors (Lipinski definition) is 1. The summed E-state index contributed by atoms with van der Waals surface area (Å²) in [5, 5.41) is 1.11. The number of fused-ring (bicyclic) bond motifs is 3. The molecule has 1 aliphatic heterocycles. The van der Waals surface area contributed by atoms with Crippen LogP contribution in [0.2, 0.25) is 0 Å². The molecule has 22 heavy (non-hydrogen) atoms. The molecule has 116 valence electrons. The molecule has 3 heteroatoms. The van der Waals surface area contributed by atoms with E-state index in [1.807, 2.05) is 30.5 Å². The van der Waals surface area contributed by atoms with Gasteiger partial charge in [0.1, 0.15) is 0 Å². The van der Waals surface area contributed by atoms with Gasteiger partial charge in [0.15, 0.2) is 0 Å². The summed E-state index contributed by atoms with van der Waals surface area (Å²) in [6.07, 6.45) is 5.43. The number of amides is 1. The minimum atomic E-state index is 0.203. The highest BCUT2D eigenvalue weighted by Crippen LogP contribution is 2.52. The minimum absolute atomic E-state index is 0.203. The van der Waals surface area contributed by atoms with Crippen LogP contribution >= 0.6 is 0 Å². The molecule has 1 aliphatic carbocycles. The number of aromatic amines is 1. The van der Waals surface area contributed by atoms with Gasteiger partial charge in [-0.1, -0.05) is 20.8 Å². The molecule has 2 aliphatic rings. The van der Waals surface area contributed by atoms with E-state index in [0.29, 0.717) is 16.9 Å². The van der Waals surface area contributed by atoms with Crippen LogP contribution in [-0.2, 0) is 0 Å². The van der Waals surface area contributed by atoms with Crippen LogP contribution in [0, 0.1) is 10.8 Å². The van der Waals surface area contributed by atoms with Gasteiger partial charge in [-0.05, 0) is 54.4 Å². The Hall–Kier alpha value is -1.77. The molecule has 2 bridgehead atoms. The molecule has 0 radical (unpaired) electrons. The zero-order valence-electron chi connectivity index (χ0n) is 13.6. The largest absolute Gasteiger partial charge is 0.361 e. The number of aromatic nitrogens is 1. The smallest absolute Gasteiger partial charge is 0.254 e. The normalized spacial score (nSPS) is 30.0. The second-order valence-corrected chi connectivity index (χ2v) is 8.43. The van der Waals surface area contributed by atoms with Gasteiger partial charge < -0.3 is 9.88 Å². The molecular formula is C19H24N2O. The number of H-pyrrole nitrogens is 1. The van der Waals surface area contributed by atoms with Crippen molar-refractivity contribution in [2.24, 2.45) is 10.8 Å². The number of carbonyl (C=O) groups excluding carboxylic acids is 1. The van der Waals surface area contributed by atoms with Crippen LogP contribution in [0.3, 0.4) is 0 Å². The van der Waals surface area contributed by atoms with Gasteiger partial charge in [0.2, 0.25) is 0 Å². The number of benzene rings is 1. The van der Waals surface area contributed by atoms with Gasteiger partial charge in [-0.15, -0.1) is 0 Å². The molecule has 0 unspecified atom stereocenters. The zero-order chi connectivity index (χ0) is 15.5. The molecule has 4 rings (SSSR count). The molecular weight excluding hydrogens is 272 g/mol. The van der Waals surface area contributed by atoms with Gasteiger partial charge in [-0.3, -0.25) is 4.79 Å². The highest BCUT2D eigenvalue weighted by molar-refractivity contribution is 5.98. The van der Waals surface area contributed by atoms with E-state index in [0.717, 1.165) is 35.9 Å². The number of carbonyl (C=O) groups is 1. The molecule has 0 spiro atoms. The van der Waals surface area contributed by atoms with Crippen molar-refractivity contribution in [3.63, 3.8) is 0 Å². The summed E-state index contributed by atoms with van der Waals surface area (Å²) in [6.45, 7) is 7.95. The van der Waals surface area contributed by atoms with Crippen molar-refractivity contribution in [1.29, 1.82) is 0 Å². The van der Waals surface area contributed by atoms with Gasteiger partial charge >= 0.3 is 0 Å². The summed E-state index contributed by atoms with van der Waals surface area (Å²) in [4.78, 5) is 18.3. The van der Waals surface area contributed by atoms with Crippen molar-refractivity contribution in [3.8, 4) is 0 Å². The number of hydrogen-bond acceptors (Lipinski definition) is 1. The average Bonchev–Trinajstić information content (AvgIpc) is 2.97. The molecule has 1 N–H and O–H groups in total. The van der Waals surface area contributed by atoms with Crippen molar-refractivity contribution in [2.45, 2.75) is 46.1 Å². The van der Waals surface area contributed by atoms with E-state index in [9.17, 15) is 4.79 Å². The lowest BCUT2D eigenvalue weighted by molar-refractivity contribution is 0.0708. The van der Waals surface area contributed by atoms with Gasteiger partial charge in [0, 0.05) is 35.2 Å². The molecule has 2 heterocycles. The summed E-state index contributed by atoms with van der Waals surface area (Å²) in [5.74, 6) is 0.203. The van der Waals surface area contributed by atoms with E-state index in [1.54, 1.807) is 0 Å². The highest BCUT2D eigenvalue weighted by atomic mass is 16.2. The fourth-order valence-corrected chi connectivity index (χ4v) is 5.05. The molecule has 2 atom stereocenters. The van der Waals surface area contributed by atoms with Crippen LogP contribution in [0.25, 0.3) is 10.9 Å². The number of rotatable bonds is 1. The van der Waals surface area contributed by atoms with Crippen LogP contribution < -0.4 is 0 Å². The van der Waals surface area contributed by atoms with Crippen LogP contribution in [-0.4, -0.2) is 28.4 Å². The fourth-order valence-electron chi connectivity index (χ4n) is 5.05. The standard InChI is InChI=1S/C19H24N2O/c1-18(2)9-15-10-19(3,11-18)12-21(15)17(22)14-4-5-16-13(8-14)6-7-20-16/h4-8,15,20H,9-12H2,1-3H3/t15-,19+/m0/s1. The third-order valence-corrected chi connectivity index (χ3v) is 5.48. The van der Waals surface area contributed by atoms with Crippen molar-refractivity contribution in [1.82, 2.24) is 9.88 Å². The van der Waals surface area contributed by atoms with Crippen LogP contribution in [0.4, 0.5) is 0 Å². The lowest BCUT2D eigenvalue weighted by Crippen LogP contribution is -2.37. The van der Waals surface area contributed by atoms with Gasteiger partial charge in [-0.25, -0.2) is 0 Å². The van der Waals surface area contributed by atoms with E-state index in [-0.39, 0.29) is 5.91 Å². The van der Waals surface area contributed by atoms with Crippen LogP contribution in [0.5, 0.6) is 0 Å². The number of nitrogens with zero attached hydrogens (tertiary/aromatic N) is 1. The summed E-state index contributed by atoms with van der Waals surface area (Å²) in [7, 11) is 0. The predicted octanol–water partition coefficient (Wildman–Crippen LogP) is 4.21. The SMILES string of the molecule is CC1(C)C[C@H]2C[C@@](C)(CN2C(=O)c2ccc3[nH]ccc3c2)C1. The second kappa shape index (κ2) is 4.37. The molecule has 1 aromatic carbocycles. The van der Waals surface area contributed by atoms with Crippen molar-refractivity contribution in [2.75, 3.05) is 6.54 Å². The van der Waals surface area contributed by atoms with Gasteiger partial charge in [0.25, 0.3) is 5.91 Å². The van der Waals surface area contributed by atoms with Crippen LogP contribution in [0.1, 0.15) is 50.4 Å². The third kappa shape index (κ3) is 2.15. The highest BCUT2D eigenvalue weighted by Gasteiger charge is 2.50. The van der Waals surface area contributed by atoms with Gasteiger partial charge in [0.05, 0.1) is 0 Å². The molecule has 1 aromatic heterocycles. The molecule has 2 fully saturated rings. The van der Waals surface area contributed by atoms with Gasteiger partial charge in [-0.2, -0.15) is 0 Å². The summed E-state index contributed by atoms with van der Waals surface area (Å²) in [5.41, 5.74) is 2.54. The summed E-state index contributed by atoms with van der Waals surface area (Å²) >= 11 is 0. The number of nitrogens with one attached hydrogen (secondary N) is 1. The monoisotopic (exact) mass is 296 g/mol. The fraction of sp³-hybridized carbons (Fsp3) is 0.526. The molecule has 2 aromatic rings. The van der Waals surface area contributed by atoms with Crippen LogP contribution in [0.15, 0.2) is 30.5 Å². The lowest BCUT2D eigenvalue weighted by Gasteiger charge is -2.39. The predicted molar refractivity (Wildman–Crippen MR) is 88.9 cm³/mol. The molecule has 1 amide bonds. The zero-order valence-corrected chi connectivity index (χ0v) is 13.6. The molecule has 1 saturated carbocycles. The first-order valence-corrected chi connectivity index (χ1v) is 8.24. The number of likely N-dealkylation sites (tertiary alicyclic amines) is 1. The Morgan fingerprint density at radius 2 is 2.05 bits per heavy atom. The van der Waals surface area contributed by atoms with E-state index >= 15 is 0 Å². The van der Waals surface area contributed by atoms with Crippen molar-refractivity contribution in [3.05, 3.63) is 36.0 Å². The summed E-state index contributed by atoms with van der Waals surface area (Å²) in [6, 6.07) is 8.42. The van der Waals surface area contributed by atoms with E-state index in [1.165, 1.54) is 6.42 Å². The first kappa shape index (κ1) is 13.9. The Labute approximate surface area is 131 Å². The minimum Gasteiger partial charge on any atom is -0.361 e. The Morgan fingerprint density at radius 1 is 1.23 bits per heavy atom. The van der Waals surface area contributed by atoms with E-state index in [2.05, 4.69) is 30.7 Å². The lowest BCUT2D eigenvalue weighted by atomic mass is 9.65. The second-order valence-electron chi connectivity index (χ2n) is 8.43. The topological polar surface area (TPSA) is 36.1 Å².